The van der Waals surface area contributed by atoms with Gasteiger partial charge in [0.05, 0.1) is 11.3 Å². The van der Waals surface area contributed by atoms with E-state index in [1.807, 2.05) is 13.0 Å². The summed E-state index contributed by atoms with van der Waals surface area (Å²) in [7, 11) is 0. The van der Waals surface area contributed by atoms with Crippen LogP contribution < -0.4 is 10.6 Å². The third kappa shape index (κ3) is 2.52. The van der Waals surface area contributed by atoms with E-state index in [1.54, 1.807) is 0 Å². The van der Waals surface area contributed by atoms with E-state index in [-0.39, 0.29) is 0 Å². The van der Waals surface area contributed by atoms with Crippen LogP contribution >= 0.6 is 0 Å². The van der Waals surface area contributed by atoms with E-state index in [4.69, 9.17) is 5.73 Å². The summed E-state index contributed by atoms with van der Waals surface area (Å²) < 4.78 is 0. The molecule has 1 saturated heterocycles. The molecule has 3 rings (SSSR count). The summed E-state index contributed by atoms with van der Waals surface area (Å²) in [6, 6.07) is 1.93. The van der Waals surface area contributed by atoms with Crippen LogP contribution in [0.25, 0.3) is 0 Å². The molecule has 20 heavy (non-hydrogen) atoms. The van der Waals surface area contributed by atoms with Crippen molar-refractivity contribution in [2.45, 2.75) is 51.2 Å². The number of aryl methyl sites for hydroxylation is 1. The Morgan fingerprint density at radius 2 is 2.25 bits per heavy atom. The first-order chi connectivity index (χ1) is 9.60. The second kappa shape index (κ2) is 5.30. The van der Waals surface area contributed by atoms with Crippen molar-refractivity contribution >= 4 is 5.95 Å². The zero-order valence-corrected chi connectivity index (χ0v) is 12.2. The van der Waals surface area contributed by atoms with Gasteiger partial charge in [-0.3, -0.25) is 0 Å². The predicted molar refractivity (Wildman–Crippen MR) is 78.4 cm³/mol. The Morgan fingerprint density at radius 3 is 3.05 bits per heavy atom. The minimum absolute atomic E-state index is 0.357. The number of hydrogen-bond donors (Lipinski definition) is 2. The highest BCUT2D eigenvalue weighted by Crippen LogP contribution is 2.40. The van der Waals surface area contributed by atoms with Gasteiger partial charge in [-0.05, 0) is 32.3 Å². The lowest BCUT2D eigenvalue weighted by atomic mass is 9.71. The molecule has 1 aliphatic heterocycles. The molecule has 0 radical (unpaired) electrons. The van der Waals surface area contributed by atoms with Crippen LogP contribution in [0.15, 0.2) is 6.07 Å². The molecule has 2 heterocycles. The molecule has 5 heteroatoms. The lowest BCUT2D eigenvalue weighted by Crippen LogP contribution is -2.53. The Bertz CT molecular complexity index is 493. The molecule has 2 fully saturated rings. The fraction of sp³-hybridized carbons (Fsp3) is 0.733. The molecule has 2 atom stereocenters. The van der Waals surface area contributed by atoms with Crippen LogP contribution in [-0.4, -0.2) is 33.8 Å². The monoisotopic (exact) mass is 276 g/mol. The van der Waals surface area contributed by atoms with Crippen LogP contribution in [0.5, 0.6) is 0 Å². The predicted octanol–water partition coefficient (Wildman–Crippen LogP) is 1.38. The van der Waals surface area contributed by atoms with Gasteiger partial charge >= 0.3 is 0 Å². The van der Waals surface area contributed by atoms with Crippen molar-refractivity contribution in [3.63, 3.8) is 0 Å². The minimum atomic E-state index is -0.449. The quantitative estimate of drug-likeness (QED) is 0.853. The number of fused-ring (bicyclic) bond motifs is 1. The summed E-state index contributed by atoms with van der Waals surface area (Å²) in [5, 5.41) is 10.7. The molecule has 0 bridgehead atoms. The Morgan fingerprint density at radius 1 is 1.40 bits per heavy atom. The van der Waals surface area contributed by atoms with Crippen LogP contribution in [0, 0.1) is 12.8 Å². The average Bonchev–Trinajstić information content (AvgIpc) is 2.45. The molecule has 1 aliphatic carbocycles. The van der Waals surface area contributed by atoms with Crippen LogP contribution in [0.4, 0.5) is 5.95 Å². The van der Waals surface area contributed by atoms with Crippen molar-refractivity contribution in [3.05, 3.63) is 17.5 Å². The molecule has 1 aromatic heterocycles. The van der Waals surface area contributed by atoms with Gasteiger partial charge in [-0.1, -0.05) is 12.8 Å². The molecule has 0 amide bonds. The van der Waals surface area contributed by atoms with E-state index >= 15 is 0 Å². The Kier molecular flexibility index (Phi) is 3.65. The first-order valence-corrected chi connectivity index (χ1v) is 7.63. The standard InChI is InChI=1S/C15H24N4O/c1-11-8-13(9-16)18-14(17-11)19-7-6-15(20)5-3-2-4-12(15)10-19/h8,12,20H,2-7,9-10,16H2,1H3. The maximum absolute atomic E-state index is 10.7. The summed E-state index contributed by atoms with van der Waals surface area (Å²) in [4.78, 5) is 11.3. The average molecular weight is 276 g/mol. The van der Waals surface area contributed by atoms with E-state index in [0.717, 1.165) is 56.1 Å². The van der Waals surface area contributed by atoms with Gasteiger partial charge in [0, 0.05) is 31.2 Å². The molecule has 1 saturated carbocycles. The van der Waals surface area contributed by atoms with Gasteiger partial charge in [-0.15, -0.1) is 0 Å². The third-order valence-corrected chi connectivity index (χ3v) is 4.82. The minimum Gasteiger partial charge on any atom is -0.389 e. The van der Waals surface area contributed by atoms with Gasteiger partial charge in [0.15, 0.2) is 0 Å². The largest absolute Gasteiger partial charge is 0.389 e. The number of rotatable bonds is 2. The van der Waals surface area contributed by atoms with Gasteiger partial charge in [-0.25, -0.2) is 9.97 Å². The van der Waals surface area contributed by atoms with Crippen molar-refractivity contribution in [2.75, 3.05) is 18.0 Å². The zero-order chi connectivity index (χ0) is 14.2. The molecule has 0 aromatic carbocycles. The van der Waals surface area contributed by atoms with E-state index in [9.17, 15) is 5.11 Å². The molecule has 110 valence electrons. The highest BCUT2D eigenvalue weighted by Gasteiger charge is 2.43. The number of aliphatic hydroxyl groups is 1. The summed E-state index contributed by atoms with van der Waals surface area (Å²) in [6.45, 7) is 4.12. The smallest absolute Gasteiger partial charge is 0.225 e. The van der Waals surface area contributed by atoms with E-state index in [2.05, 4.69) is 14.9 Å². The lowest BCUT2D eigenvalue weighted by Gasteiger charge is -2.47. The number of hydrogen-bond acceptors (Lipinski definition) is 5. The van der Waals surface area contributed by atoms with Crippen molar-refractivity contribution in [1.82, 2.24) is 9.97 Å². The topological polar surface area (TPSA) is 75.3 Å². The van der Waals surface area contributed by atoms with Gasteiger partial charge < -0.3 is 15.7 Å². The lowest BCUT2D eigenvalue weighted by molar-refractivity contribution is -0.0614. The first kappa shape index (κ1) is 13.8. The molecular weight excluding hydrogens is 252 g/mol. The number of aromatic nitrogens is 2. The zero-order valence-electron chi connectivity index (χ0n) is 12.2. The fourth-order valence-electron chi connectivity index (χ4n) is 3.62. The fourth-order valence-corrected chi connectivity index (χ4v) is 3.62. The Balaban J connectivity index is 1.80. The molecule has 2 aliphatic rings. The summed E-state index contributed by atoms with van der Waals surface area (Å²) in [6.07, 6.45) is 5.28. The van der Waals surface area contributed by atoms with Crippen molar-refractivity contribution in [2.24, 2.45) is 11.7 Å². The van der Waals surface area contributed by atoms with Crippen LogP contribution in [0.2, 0.25) is 0 Å². The highest BCUT2D eigenvalue weighted by atomic mass is 16.3. The van der Waals surface area contributed by atoms with E-state index in [1.165, 1.54) is 6.42 Å². The van der Waals surface area contributed by atoms with Crippen molar-refractivity contribution in [3.8, 4) is 0 Å². The van der Waals surface area contributed by atoms with Crippen LogP contribution in [0.1, 0.15) is 43.5 Å². The van der Waals surface area contributed by atoms with E-state index < -0.39 is 5.60 Å². The molecular formula is C15H24N4O. The number of nitrogens with zero attached hydrogens (tertiary/aromatic N) is 3. The number of piperidine rings is 1. The Hall–Kier alpha value is -1.20. The van der Waals surface area contributed by atoms with Gasteiger partial charge in [0.25, 0.3) is 0 Å². The highest BCUT2D eigenvalue weighted by molar-refractivity contribution is 5.34. The Labute approximate surface area is 120 Å². The second-order valence-corrected chi connectivity index (χ2v) is 6.25. The van der Waals surface area contributed by atoms with Crippen LogP contribution in [-0.2, 0) is 6.54 Å². The van der Waals surface area contributed by atoms with Crippen LogP contribution in [0.3, 0.4) is 0 Å². The maximum Gasteiger partial charge on any atom is 0.225 e. The van der Waals surface area contributed by atoms with Crippen molar-refractivity contribution in [1.29, 1.82) is 0 Å². The summed E-state index contributed by atoms with van der Waals surface area (Å²) in [5.41, 5.74) is 7.09. The van der Waals surface area contributed by atoms with Crippen molar-refractivity contribution < 1.29 is 5.11 Å². The first-order valence-electron chi connectivity index (χ1n) is 7.63. The summed E-state index contributed by atoms with van der Waals surface area (Å²) >= 11 is 0. The summed E-state index contributed by atoms with van der Waals surface area (Å²) in [5.74, 6) is 1.13. The third-order valence-electron chi connectivity index (χ3n) is 4.82. The normalized spacial score (nSPS) is 30.1. The SMILES string of the molecule is Cc1cc(CN)nc(N2CCC3(O)CCCCC3C2)n1. The molecule has 5 nitrogen and oxygen atoms in total. The van der Waals surface area contributed by atoms with E-state index in [0.29, 0.717) is 12.5 Å². The maximum atomic E-state index is 10.7. The second-order valence-electron chi connectivity index (χ2n) is 6.25. The number of nitrogens with two attached hydrogens (primary N) is 1. The van der Waals surface area contributed by atoms with Gasteiger partial charge in [0.1, 0.15) is 0 Å². The number of anilines is 1. The van der Waals surface area contributed by atoms with Gasteiger partial charge in [0.2, 0.25) is 5.95 Å². The molecule has 2 unspecified atom stereocenters. The molecule has 1 aromatic rings. The molecule has 3 N–H and O–H groups in total. The van der Waals surface area contributed by atoms with Gasteiger partial charge in [-0.2, -0.15) is 0 Å². The molecule has 0 spiro atoms.